The minimum atomic E-state index is -0.483. The Kier molecular flexibility index (Phi) is 9.84. The second-order valence-electron chi connectivity index (χ2n) is 6.55. The van der Waals surface area contributed by atoms with Gasteiger partial charge in [0.05, 0.1) is 12.1 Å². The number of halogens is 1. The van der Waals surface area contributed by atoms with E-state index >= 15 is 0 Å². The van der Waals surface area contributed by atoms with Gasteiger partial charge in [-0.25, -0.2) is 4.98 Å². The van der Waals surface area contributed by atoms with Crippen LogP contribution in [0.3, 0.4) is 0 Å². The molecule has 0 saturated carbocycles. The number of nitrogens with two attached hydrogens (primary N) is 1. The van der Waals surface area contributed by atoms with Crippen molar-refractivity contribution in [3.8, 4) is 5.88 Å². The minimum Gasteiger partial charge on any atom is -0.475 e. The highest BCUT2D eigenvalue weighted by Gasteiger charge is 2.16. The Morgan fingerprint density at radius 2 is 1.96 bits per heavy atom. The summed E-state index contributed by atoms with van der Waals surface area (Å²) >= 11 is 0. The van der Waals surface area contributed by atoms with E-state index in [2.05, 4.69) is 24.1 Å². The Bertz CT molecular complexity index is 481. The van der Waals surface area contributed by atoms with E-state index in [1.54, 1.807) is 6.20 Å². The van der Waals surface area contributed by atoms with E-state index in [0.717, 1.165) is 12.0 Å². The first-order valence-electron chi connectivity index (χ1n) is 7.94. The molecule has 1 unspecified atom stereocenters. The van der Waals surface area contributed by atoms with Crippen molar-refractivity contribution in [2.75, 3.05) is 0 Å². The van der Waals surface area contributed by atoms with Crippen LogP contribution < -0.4 is 15.8 Å². The molecule has 0 spiro atoms. The summed E-state index contributed by atoms with van der Waals surface area (Å²) in [5, 5.41) is 2.85. The van der Waals surface area contributed by atoms with Gasteiger partial charge in [0.25, 0.3) is 0 Å². The second-order valence-corrected chi connectivity index (χ2v) is 6.55. The summed E-state index contributed by atoms with van der Waals surface area (Å²) < 4.78 is 5.81. The molecule has 132 valence electrons. The number of ether oxygens (including phenoxy) is 1. The summed E-state index contributed by atoms with van der Waals surface area (Å²) in [6, 6.07) is 3.24. The number of amides is 1. The third kappa shape index (κ3) is 8.18. The van der Waals surface area contributed by atoms with E-state index in [4.69, 9.17) is 10.5 Å². The molecule has 0 aliphatic rings. The maximum absolute atomic E-state index is 11.9. The van der Waals surface area contributed by atoms with Crippen LogP contribution in [-0.2, 0) is 11.3 Å². The first-order chi connectivity index (χ1) is 10.3. The molecule has 0 bridgehead atoms. The van der Waals surface area contributed by atoms with Crippen molar-refractivity contribution < 1.29 is 9.53 Å². The average molecular weight is 344 g/mol. The lowest BCUT2D eigenvalue weighted by Crippen LogP contribution is -2.43. The van der Waals surface area contributed by atoms with Gasteiger partial charge < -0.3 is 15.8 Å². The predicted molar refractivity (Wildman–Crippen MR) is 95.7 cm³/mol. The largest absolute Gasteiger partial charge is 0.475 e. The van der Waals surface area contributed by atoms with E-state index in [1.165, 1.54) is 0 Å². The van der Waals surface area contributed by atoms with Crippen molar-refractivity contribution in [2.45, 2.75) is 59.7 Å². The van der Waals surface area contributed by atoms with Crippen LogP contribution in [0.2, 0.25) is 0 Å². The highest BCUT2D eigenvalue weighted by atomic mass is 35.5. The quantitative estimate of drug-likeness (QED) is 0.760. The molecule has 1 amide bonds. The van der Waals surface area contributed by atoms with Gasteiger partial charge in [-0.05, 0) is 36.8 Å². The SMILES string of the molecule is CC(C)CC(C)Oc1cc(CNC(=O)[C@@H](N)C(C)C)ccn1.Cl. The van der Waals surface area contributed by atoms with E-state index in [-0.39, 0.29) is 30.3 Å². The molecule has 23 heavy (non-hydrogen) atoms. The molecule has 0 saturated heterocycles. The van der Waals surface area contributed by atoms with Crippen LogP contribution in [0.15, 0.2) is 18.3 Å². The fourth-order valence-electron chi connectivity index (χ4n) is 2.15. The molecule has 2 atom stereocenters. The van der Waals surface area contributed by atoms with Gasteiger partial charge >= 0.3 is 0 Å². The summed E-state index contributed by atoms with van der Waals surface area (Å²) in [4.78, 5) is 16.1. The fourth-order valence-corrected chi connectivity index (χ4v) is 2.15. The normalized spacial score (nSPS) is 13.4. The van der Waals surface area contributed by atoms with E-state index in [0.29, 0.717) is 18.3 Å². The van der Waals surface area contributed by atoms with Crippen molar-refractivity contribution in [3.05, 3.63) is 23.9 Å². The van der Waals surface area contributed by atoms with Gasteiger partial charge in [0.2, 0.25) is 11.8 Å². The summed E-state index contributed by atoms with van der Waals surface area (Å²) in [5.74, 6) is 1.15. The maximum Gasteiger partial charge on any atom is 0.237 e. The first kappa shape index (κ1) is 21.7. The van der Waals surface area contributed by atoms with Gasteiger partial charge in [-0.2, -0.15) is 0 Å². The van der Waals surface area contributed by atoms with Crippen molar-refractivity contribution in [3.63, 3.8) is 0 Å². The Morgan fingerprint density at radius 3 is 2.52 bits per heavy atom. The van der Waals surface area contributed by atoms with Crippen LogP contribution in [0.4, 0.5) is 0 Å². The number of hydrogen-bond donors (Lipinski definition) is 2. The number of carbonyl (C=O) groups is 1. The summed E-state index contributed by atoms with van der Waals surface area (Å²) in [5.41, 5.74) is 6.77. The van der Waals surface area contributed by atoms with Crippen molar-refractivity contribution in [1.29, 1.82) is 0 Å². The zero-order chi connectivity index (χ0) is 16.7. The van der Waals surface area contributed by atoms with Crippen molar-refractivity contribution >= 4 is 18.3 Å². The molecule has 3 N–H and O–H groups in total. The van der Waals surface area contributed by atoms with Crippen LogP contribution >= 0.6 is 12.4 Å². The predicted octanol–water partition coefficient (Wildman–Crippen LogP) is 2.92. The van der Waals surface area contributed by atoms with Crippen molar-refractivity contribution in [2.24, 2.45) is 17.6 Å². The van der Waals surface area contributed by atoms with Gasteiger partial charge in [0, 0.05) is 18.8 Å². The Labute approximate surface area is 145 Å². The standard InChI is InChI=1S/C17H29N3O2.ClH/c1-11(2)8-13(5)22-15-9-14(6-7-19-15)10-20-17(21)16(18)12(3)4;/h6-7,9,11-13,16H,8,10,18H2,1-5H3,(H,20,21);1H/t13?,16-;/m0./s1. The number of nitrogens with zero attached hydrogens (tertiary/aromatic N) is 1. The fraction of sp³-hybridized carbons (Fsp3) is 0.647. The molecule has 1 heterocycles. The van der Waals surface area contributed by atoms with Gasteiger partial charge in [0.15, 0.2) is 0 Å². The lowest BCUT2D eigenvalue weighted by Gasteiger charge is -2.17. The molecule has 1 aromatic heterocycles. The molecule has 0 aliphatic heterocycles. The summed E-state index contributed by atoms with van der Waals surface area (Å²) in [7, 11) is 0. The highest BCUT2D eigenvalue weighted by Crippen LogP contribution is 2.15. The van der Waals surface area contributed by atoms with Crippen LogP contribution in [0, 0.1) is 11.8 Å². The lowest BCUT2D eigenvalue weighted by molar-refractivity contribution is -0.123. The zero-order valence-electron chi connectivity index (χ0n) is 14.7. The zero-order valence-corrected chi connectivity index (χ0v) is 15.5. The first-order valence-corrected chi connectivity index (χ1v) is 7.94. The highest BCUT2D eigenvalue weighted by molar-refractivity contribution is 5.85. The molecule has 1 rings (SSSR count). The molecule has 6 heteroatoms. The van der Waals surface area contributed by atoms with Crippen molar-refractivity contribution in [1.82, 2.24) is 10.3 Å². The molecule has 0 radical (unpaired) electrons. The number of nitrogens with one attached hydrogen (secondary N) is 1. The van der Waals surface area contributed by atoms with Crippen LogP contribution in [-0.4, -0.2) is 23.0 Å². The summed E-state index contributed by atoms with van der Waals surface area (Å²) in [6.45, 7) is 10.7. The average Bonchev–Trinajstić information content (AvgIpc) is 2.43. The monoisotopic (exact) mass is 343 g/mol. The molecule has 0 fully saturated rings. The van der Waals surface area contributed by atoms with Crippen LogP contribution in [0.25, 0.3) is 0 Å². The van der Waals surface area contributed by atoms with Crippen LogP contribution in [0.5, 0.6) is 5.88 Å². The molecule has 0 aliphatic carbocycles. The number of hydrogen-bond acceptors (Lipinski definition) is 4. The second kappa shape index (κ2) is 10.4. The number of pyridine rings is 1. The van der Waals surface area contributed by atoms with Crippen LogP contribution in [0.1, 0.15) is 46.6 Å². The minimum absolute atomic E-state index is 0. The Morgan fingerprint density at radius 1 is 1.30 bits per heavy atom. The van der Waals surface area contributed by atoms with E-state index in [1.807, 2.05) is 32.9 Å². The van der Waals surface area contributed by atoms with Gasteiger partial charge in [-0.1, -0.05) is 27.7 Å². The third-order valence-electron chi connectivity index (χ3n) is 3.41. The molecular formula is C17H30ClN3O2. The third-order valence-corrected chi connectivity index (χ3v) is 3.41. The van der Waals surface area contributed by atoms with Gasteiger partial charge in [0.1, 0.15) is 0 Å². The molecule has 0 aromatic carbocycles. The number of carbonyl (C=O) groups excluding carboxylic acids is 1. The van der Waals surface area contributed by atoms with Gasteiger partial charge in [-0.3, -0.25) is 4.79 Å². The number of aromatic nitrogens is 1. The van der Waals surface area contributed by atoms with E-state index in [9.17, 15) is 4.79 Å². The molecule has 1 aromatic rings. The van der Waals surface area contributed by atoms with Gasteiger partial charge in [-0.15, -0.1) is 12.4 Å². The number of rotatable bonds is 8. The summed E-state index contributed by atoms with van der Waals surface area (Å²) in [6.07, 6.45) is 2.79. The molecule has 5 nitrogen and oxygen atoms in total. The topological polar surface area (TPSA) is 77.2 Å². The Hall–Kier alpha value is -1.33. The lowest BCUT2D eigenvalue weighted by atomic mass is 10.1. The molecular weight excluding hydrogens is 314 g/mol. The maximum atomic E-state index is 11.9. The van der Waals surface area contributed by atoms with E-state index < -0.39 is 6.04 Å². The Balaban J connectivity index is 0.00000484. The smallest absolute Gasteiger partial charge is 0.237 e.